The van der Waals surface area contributed by atoms with Gasteiger partial charge in [0.05, 0.1) is 12.0 Å². The van der Waals surface area contributed by atoms with E-state index in [-0.39, 0.29) is 23.6 Å². The minimum atomic E-state index is -1.27. The molecule has 0 bridgehead atoms. The Morgan fingerprint density at radius 2 is 2.00 bits per heavy atom. The zero-order valence-electron chi connectivity index (χ0n) is 16.6. The first-order chi connectivity index (χ1) is 13.3. The molecule has 4 aliphatic rings. The number of aliphatic hydroxyl groups is 1. The van der Waals surface area contributed by atoms with Crippen LogP contribution < -0.4 is 4.90 Å². The number of para-hydroxylation sites is 1. The van der Waals surface area contributed by atoms with Gasteiger partial charge in [0.1, 0.15) is 11.7 Å². The number of esters is 1. The van der Waals surface area contributed by atoms with E-state index in [9.17, 15) is 14.7 Å². The summed E-state index contributed by atoms with van der Waals surface area (Å²) >= 11 is 0. The number of benzene rings is 1. The van der Waals surface area contributed by atoms with E-state index in [2.05, 4.69) is 24.0 Å². The third-order valence-electron chi connectivity index (χ3n) is 8.07. The highest BCUT2D eigenvalue weighted by Gasteiger charge is 2.77. The summed E-state index contributed by atoms with van der Waals surface area (Å²) in [6.07, 6.45) is 4.93. The summed E-state index contributed by atoms with van der Waals surface area (Å²) in [5.74, 6) is -0.553. The van der Waals surface area contributed by atoms with Crippen LogP contribution in [0.3, 0.4) is 0 Å². The van der Waals surface area contributed by atoms with Gasteiger partial charge in [0, 0.05) is 11.6 Å². The van der Waals surface area contributed by atoms with Crippen molar-refractivity contribution in [1.29, 1.82) is 0 Å². The smallest absolute Gasteiger partial charge is 0.334 e. The maximum atomic E-state index is 13.2. The third-order valence-corrected chi connectivity index (χ3v) is 8.07. The lowest BCUT2D eigenvalue weighted by Gasteiger charge is -2.43. The van der Waals surface area contributed by atoms with E-state index in [1.54, 1.807) is 13.0 Å². The largest absolute Gasteiger partial charge is 0.459 e. The molecule has 2 aliphatic heterocycles. The molecular formula is C23H27NO4. The van der Waals surface area contributed by atoms with Gasteiger partial charge in [-0.15, -0.1) is 0 Å². The molecule has 1 N–H and O–H groups in total. The Hall–Kier alpha value is -2.14. The van der Waals surface area contributed by atoms with Crippen molar-refractivity contribution in [2.75, 3.05) is 11.4 Å². The van der Waals surface area contributed by atoms with Crippen molar-refractivity contribution in [3.63, 3.8) is 0 Å². The molecule has 2 heterocycles. The molecule has 148 valence electrons. The highest BCUT2D eigenvalue weighted by Crippen LogP contribution is 2.62. The maximum Gasteiger partial charge on any atom is 0.334 e. The van der Waals surface area contributed by atoms with Gasteiger partial charge < -0.3 is 14.7 Å². The van der Waals surface area contributed by atoms with Crippen LogP contribution in [0.1, 0.15) is 39.2 Å². The second-order valence-electron chi connectivity index (χ2n) is 9.13. The Morgan fingerprint density at radius 3 is 2.75 bits per heavy atom. The van der Waals surface area contributed by atoms with Gasteiger partial charge in [-0.2, -0.15) is 0 Å². The Balaban J connectivity index is 1.58. The van der Waals surface area contributed by atoms with E-state index in [1.807, 2.05) is 19.1 Å². The van der Waals surface area contributed by atoms with E-state index < -0.39 is 22.7 Å². The fraction of sp³-hybridized carbons (Fsp3) is 0.565. The Bertz CT molecular complexity index is 910. The third kappa shape index (κ3) is 1.86. The highest BCUT2D eigenvalue weighted by atomic mass is 16.6. The van der Waals surface area contributed by atoms with Crippen molar-refractivity contribution in [2.24, 2.45) is 17.3 Å². The molecule has 0 amide bonds. The first kappa shape index (κ1) is 17.9. The molecule has 1 spiro atoms. The van der Waals surface area contributed by atoms with Gasteiger partial charge >= 0.3 is 5.97 Å². The van der Waals surface area contributed by atoms with Gasteiger partial charge in [0.15, 0.2) is 11.3 Å². The van der Waals surface area contributed by atoms with Crippen molar-refractivity contribution >= 4 is 17.4 Å². The molecule has 6 atom stereocenters. The van der Waals surface area contributed by atoms with Crippen LogP contribution in [0.5, 0.6) is 0 Å². The molecule has 0 radical (unpaired) electrons. The average Bonchev–Trinajstić information content (AvgIpc) is 3.33. The number of anilines is 1. The van der Waals surface area contributed by atoms with E-state index in [4.69, 9.17) is 4.74 Å². The number of ketones is 1. The van der Waals surface area contributed by atoms with Gasteiger partial charge in [-0.25, -0.2) is 4.79 Å². The number of aryl methyl sites for hydroxylation is 1. The molecule has 5 rings (SSSR count). The molecule has 0 aromatic heterocycles. The molecule has 28 heavy (non-hydrogen) atoms. The van der Waals surface area contributed by atoms with Crippen molar-refractivity contribution in [3.05, 3.63) is 42.0 Å². The number of carbonyl (C=O) groups excluding carboxylic acids is 2. The lowest BCUT2D eigenvalue weighted by atomic mass is 9.64. The number of hydrogen-bond acceptors (Lipinski definition) is 5. The van der Waals surface area contributed by atoms with Crippen LogP contribution in [0.15, 0.2) is 36.4 Å². The van der Waals surface area contributed by atoms with E-state index in [0.717, 1.165) is 24.9 Å². The number of rotatable bonds is 2. The van der Waals surface area contributed by atoms with Crippen molar-refractivity contribution in [2.45, 2.75) is 57.3 Å². The molecule has 1 saturated carbocycles. The molecule has 5 nitrogen and oxygen atoms in total. The van der Waals surface area contributed by atoms with Gasteiger partial charge in [0.25, 0.3) is 0 Å². The molecule has 2 saturated heterocycles. The Morgan fingerprint density at radius 1 is 1.25 bits per heavy atom. The number of hydrogen-bond donors (Lipinski definition) is 1. The van der Waals surface area contributed by atoms with Crippen LogP contribution >= 0.6 is 0 Å². The SMILES string of the molecule is CCc1ccccc1N1CC12C(=O)OC1C2CC[C@H](C)[C@]2(O)C=CC(=O)[C@@]12C. The maximum absolute atomic E-state index is 13.2. The predicted molar refractivity (Wildman–Crippen MR) is 105 cm³/mol. The van der Waals surface area contributed by atoms with Crippen LogP contribution in [-0.2, 0) is 20.7 Å². The topological polar surface area (TPSA) is 66.6 Å². The Labute approximate surface area is 165 Å². The summed E-state index contributed by atoms with van der Waals surface area (Å²) < 4.78 is 5.95. The highest BCUT2D eigenvalue weighted by molar-refractivity contribution is 6.02. The second-order valence-corrected chi connectivity index (χ2v) is 9.13. The fourth-order valence-electron chi connectivity index (χ4n) is 6.12. The lowest BCUT2D eigenvalue weighted by molar-refractivity contribution is -0.166. The van der Waals surface area contributed by atoms with E-state index in [0.29, 0.717) is 6.54 Å². The molecule has 5 heteroatoms. The van der Waals surface area contributed by atoms with Crippen molar-refractivity contribution < 1.29 is 19.4 Å². The second kappa shape index (κ2) is 5.47. The summed E-state index contributed by atoms with van der Waals surface area (Å²) in [7, 11) is 0. The molecule has 3 unspecified atom stereocenters. The quantitative estimate of drug-likeness (QED) is 0.630. The standard InChI is InChI=1S/C23H27NO4/c1-4-15-7-5-6-8-17(15)24-13-22(24)16-10-9-14(2)23(27)12-11-18(25)21(23,3)19(16)28-20(22)26/h5-8,11-12,14,16,19,27H,4,9-10,13H2,1-3H3/t14-,16?,19?,21-,22?,23+,24?/m0/s1. The molecule has 1 aromatic carbocycles. The number of nitrogens with zero attached hydrogens (tertiary/aromatic N) is 1. The van der Waals surface area contributed by atoms with Crippen molar-refractivity contribution in [1.82, 2.24) is 0 Å². The van der Waals surface area contributed by atoms with Gasteiger partial charge in [-0.3, -0.25) is 4.79 Å². The summed E-state index contributed by atoms with van der Waals surface area (Å²) in [6, 6.07) is 8.18. The molecular weight excluding hydrogens is 354 g/mol. The van der Waals surface area contributed by atoms with E-state index >= 15 is 0 Å². The van der Waals surface area contributed by atoms with Crippen LogP contribution in [0.4, 0.5) is 5.69 Å². The van der Waals surface area contributed by atoms with Crippen LogP contribution in [-0.4, -0.2) is 40.6 Å². The number of ether oxygens (including phenoxy) is 1. The van der Waals surface area contributed by atoms with E-state index in [1.165, 1.54) is 11.6 Å². The summed E-state index contributed by atoms with van der Waals surface area (Å²) in [5, 5.41) is 11.5. The molecule has 2 aliphatic carbocycles. The lowest BCUT2D eigenvalue weighted by Crippen LogP contribution is -2.57. The number of carbonyl (C=O) groups is 2. The molecule has 3 fully saturated rings. The normalized spacial score (nSPS) is 43.7. The monoisotopic (exact) mass is 381 g/mol. The summed E-state index contributed by atoms with van der Waals surface area (Å²) in [5.41, 5.74) is -0.802. The predicted octanol–water partition coefficient (Wildman–Crippen LogP) is 2.66. The van der Waals surface area contributed by atoms with Gasteiger partial charge in [-0.05, 0) is 55.9 Å². The van der Waals surface area contributed by atoms with Gasteiger partial charge in [0.2, 0.25) is 0 Å². The fourth-order valence-corrected chi connectivity index (χ4v) is 6.12. The van der Waals surface area contributed by atoms with Crippen LogP contribution in [0, 0.1) is 17.3 Å². The Kier molecular flexibility index (Phi) is 3.50. The summed E-state index contributed by atoms with van der Waals surface area (Å²) in [4.78, 5) is 28.2. The number of fused-ring (bicyclic) bond motifs is 4. The zero-order valence-corrected chi connectivity index (χ0v) is 16.6. The van der Waals surface area contributed by atoms with Crippen LogP contribution in [0.25, 0.3) is 0 Å². The minimum Gasteiger partial charge on any atom is -0.459 e. The van der Waals surface area contributed by atoms with Crippen molar-refractivity contribution in [3.8, 4) is 0 Å². The minimum absolute atomic E-state index is 0.0725. The van der Waals surface area contributed by atoms with Gasteiger partial charge in [-0.1, -0.05) is 32.0 Å². The zero-order chi connectivity index (χ0) is 19.9. The first-order valence-corrected chi connectivity index (χ1v) is 10.3. The van der Waals surface area contributed by atoms with Crippen LogP contribution in [0.2, 0.25) is 0 Å². The molecule has 1 aromatic rings. The number of allylic oxidation sites excluding steroid dienone is 1. The average molecular weight is 381 g/mol. The summed E-state index contributed by atoms with van der Waals surface area (Å²) in [6.45, 7) is 6.51. The first-order valence-electron chi connectivity index (χ1n) is 10.3.